The molecule has 7 nitrogen and oxygen atoms in total. The number of anilines is 1. The van der Waals surface area contributed by atoms with Crippen LogP contribution in [0.15, 0.2) is 74.7 Å². The summed E-state index contributed by atoms with van der Waals surface area (Å²) in [4.78, 5) is 24.6. The predicted octanol–water partition coefficient (Wildman–Crippen LogP) is 4.94. The quantitative estimate of drug-likeness (QED) is 0.301. The van der Waals surface area contributed by atoms with Crippen molar-refractivity contribution in [1.82, 2.24) is 5.43 Å². The zero-order valence-electron chi connectivity index (χ0n) is 16.2. The Morgan fingerprint density at radius 3 is 2.23 bits per heavy atom. The van der Waals surface area contributed by atoms with Crippen LogP contribution in [-0.4, -0.2) is 30.2 Å². The lowest BCUT2D eigenvalue weighted by molar-refractivity contribution is 0.0954. The second-order valence-electron chi connectivity index (χ2n) is 6.28. The zero-order chi connectivity index (χ0) is 22.4. The van der Waals surface area contributed by atoms with Gasteiger partial charge in [-0.05, 0) is 76.6 Å². The summed E-state index contributed by atoms with van der Waals surface area (Å²) >= 11 is 6.56. The van der Waals surface area contributed by atoms with Crippen molar-refractivity contribution in [1.29, 1.82) is 0 Å². The van der Waals surface area contributed by atoms with Gasteiger partial charge in [0.15, 0.2) is 0 Å². The van der Waals surface area contributed by atoms with E-state index in [4.69, 9.17) is 4.74 Å². The molecule has 31 heavy (non-hydrogen) atoms. The van der Waals surface area contributed by atoms with E-state index in [0.717, 1.165) is 4.47 Å². The molecular weight excluding hydrogens is 530 g/mol. The van der Waals surface area contributed by atoms with Crippen molar-refractivity contribution in [2.24, 2.45) is 5.10 Å². The standard InChI is InChI=1S/C22H17Br2N3O4/c1-31-18-8-4-13(5-9-18)21(29)26-17-6-2-14(3-7-17)22(30)27-25-12-15-10-16(23)11-19(24)20(15)28/h2-12,28H,1H3,(H,26,29)(H,27,30). The molecule has 0 saturated carbocycles. The average Bonchev–Trinajstić information content (AvgIpc) is 2.77. The lowest BCUT2D eigenvalue weighted by Crippen LogP contribution is -2.18. The predicted molar refractivity (Wildman–Crippen MR) is 126 cm³/mol. The molecule has 0 bridgehead atoms. The molecule has 3 rings (SSSR count). The molecule has 0 fully saturated rings. The third kappa shape index (κ3) is 5.93. The number of hydrogen-bond acceptors (Lipinski definition) is 5. The van der Waals surface area contributed by atoms with Crippen LogP contribution in [-0.2, 0) is 0 Å². The normalized spacial score (nSPS) is 10.7. The van der Waals surface area contributed by atoms with Gasteiger partial charge in [-0.3, -0.25) is 9.59 Å². The Morgan fingerprint density at radius 2 is 1.58 bits per heavy atom. The van der Waals surface area contributed by atoms with Crippen LogP contribution >= 0.6 is 31.9 Å². The second-order valence-corrected chi connectivity index (χ2v) is 8.05. The van der Waals surface area contributed by atoms with Crippen LogP contribution in [0.25, 0.3) is 0 Å². The number of methoxy groups -OCH3 is 1. The van der Waals surface area contributed by atoms with E-state index < -0.39 is 5.91 Å². The maximum absolute atomic E-state index is 12.3. The van der Waals surface area contributed by atoms with Crippen molar-refractivity contribution >= 4 is 55.6 Å². The number of carbonyl (C=O) groups is 2. The van der Waals surface area contributed by atoms with Gasteiger partial charge in [0.2, 0.25) is 0 Å². The van der Waals surface area contributed by atoms with Crippen molar-refractivity contribution in [3.8, 4) is 11.5 Å². The third-order valence-corrected chi connectivity index (χ3v) is 5.25. The van der Waals surface area contributed by atoms with E-state index in [9.17, 15) is 14.7 Å². The summed E-state index contributed by atoms with van der Waals surface area (Å²) in [5, 5.41) is 16.6. The Morgan fingerprint density at radius 1 is 0.968 bits per heavy atom. The number of halogens is 2. The number of hydrogen-bond donors (Lipinski definition) is 3. The molecule has 0 unspecified atom stereocenters. The highest BCUT2D eigenvalue weighted by atomic mass is 79.9. The first kappa shape index (κ1) is 22.5. The Hall–Kier alpha value is -3.17. The molecule has 0 spiro atoms. The largest absolute Gasteiger partial charge is 0.506 e. The van der Waals surface area contributed by atoms with Gasteiger partial charge >= 0.3 is 0 Å². The fourth-order valence-corrected chi connectivity index (χ4v) is 3.82. The summed E-state index contributed by atoms with van der Waals surface area (Å²) in [7, 11) is 1.56. The number of benzene rings is 3. The van der Waals surface area contributed by atoms with Gasteiger partial charge < -0.3 is 15.2 Å². The number of amides is 2. The molecule has 0 heterocycles. The highest BCUT2D eigenvalue weighted by Gasteiger charge is 2.09. The monoisotopic (exact) mass is 545 g/mol. The van der Waals surface area contributed by atoms with Gasteiger partial charge in [0.25, 0.3) is 11.8 Å². The first-order valence-electron chi connectivity index (χ1n) is 8.94. The van der Waals surface area contributed by atoms with Crippen molar-refractivity contribution < 1.29 is 19.4 Å². The first-order valence-corrected chi connectivity index (χ1v) is 10.5. The Kier molecular flexibility index (Phi) is 7.43. The van der Waals surface area contributed by atoms with E-state index in [2.05, 4.69) is 47.7 Å². The van der Waals surface area contributed by atoms with Crippen LogP contribution in [0.1, 0.15) is 26.3 Å². The maximum Gasteiger partial charge on any atom is 0.271 e. The molecular formula is C22H17Br2N3O4. The van der Waals surface area contributed by atoms with Crippen LogP contribution in [0, 0.1) is 0 Å². The highest BCUT2D eigenvalue weighted by molar-refractivity contribution is 9.11. The van der Waals surface area contributed by atoms with Gasteiger partial charge in [-0.2, -0.15) is 5.10 Å². The number of ether oxygens (including phenoxy) is 1. The molecule has 158 valence electrons. The summed E-state index contributed by atoms with van der Waals surface area (Å²) in [6, 6.07) is 16.5. The number of nitrogens with one attached hydrogen (secondary N) is 2. The molecule has 0 atom stereocenters. The minimum absolute atomic E-state index is 0.0122. The molecule has 0 aromatic heterocycles. The lowest BCUT2D eigenvalue weighted by Gasteiger charge is -2.07. The smallest absolute Gasteiger partial charge is 0.271 e. The van der Waals surface area contributed by atoms with Crippen LogP contribution in [0.3, 0.4) is 0 Å². The number of nitrogens with zero attached hydrogens (tertiary/aromatic N) is 1. The molecule has 0 saturated heterocycles. The van der Waals surface area contributed by atoms with Gasteiger partial charge in [0.1, 0.15) is 11.5 Å². The highest BCUT2D eigenvalue weighted by Crippen LogP contribution is 2.30. The van der Waals surface area contributed by atoms with E-state index >= 15 is 0 Å². The van der Waals surface area contributed by atoms with Crippen LogP contribution in [0.5, 0.6) is 11.5 Å². The van der Waals surface area contributed by atoms with Crippen LogP contribution in [0.4, 0.5) is 5.69 Å². The van der Waals surface area contributed by atoms with E-state index in [1.807, 2.05) is 0 Å². The van der Waals surface area contributed by atoms with E-state index in [1.54, 1.807) is 67.8 Å². The lowest BCUT2D eigenvalue weighted by atomic mass is 10.1. The Bertz CT molecular complexity index is 1130. The minimum Gasteiger partial charge on any atom is -0.506 e. The zero-order valence-corrected chi connectivity index (χ0v) is 19.4. The van der Waals surface area contributed by atoms with Crippen LogP contribution < -0.4 is 15.5 Å². The molecule has 3 aromatic rings. The number of phenols is 1. The molecule has 2 amide bonds. The number of phenolic OH excluding ortho intramolecular Hbond substituents is 1. The molecule has 0 aliphatic carbocycles. The van der Waals surface area contributed by atoms with Crippen molar-refractivity contribution in [3.05, 3.63) is 86.3 Å². The van der Waals surface area contributed by atoms with E-state index in [0.29, 0.717) is 32.6 Å². The molecule has 9 heteroatoms. The van der Waals surface area contributed by atoms with Gasteiger partial charge in [-0.25, -0.2) is 5.43 Å². The Labute approximate surface area is 195 Å². The van der Waals surface area contributed by atoms with E-state index in [-0.39, 0.29) is 11.7 Å². The summed E-state index contributed by atoms with van der Waals surface area (Å²) < 4.78 is 6.33. The van der Waals surface area contributed by atoms with Crippen molar-refractivity contribution in [2.45, 2.75) is 0 Å². The van der Waals surface area contributed by atoms with Crippen molar-refractivity contribution in [2.75, 3.05) is 12.4 Å². The molecule has 0 aliphatic heterocycles. The summed E-state index contributed by atoms with van der Waals surface area (Å²) in [5.74, 6) is -0.0299. The number of carbonyl (C=O) groups excluding carboxylic acids is 2. The minimum atomic E-state index is -0.433. The van der Waals surface area contributed by atoms with E-state index in [1.165, 1.54) is 6.21 Å². The first-order chi connectivity index (χ1) is 14.9. The van der Waals surface area contributed by atoms with Crippen molar-refractivity contribution in [3.63, 3.8) is 0 Å². The maximum atomic E-state index is 12.3. The molecule has 3 N–H and O–H groups in total. The number of hydrazone groups is 1. The summed E-state index contributed by atoms with van der Waals surface area (Å²) in [6.07, 6.45) is 1.34. The van der Waals surface area contributed by atoms with Gasteiger partial charge in [-0.1, -0.05) is 15.9 Å². The second kappa shape index (κ2) is 10.2. The Balaban J connectivity index is 1.60. The van der Waals surface area contributed by atoms with Gasteiger partial charge in [0.05, 0.1) is 17.8 Å². The topological polar surface area (TPSA) is 100 Å². The third-order valence-electron chi connectivity index (χ3n) is 4.18. The SMILES string of the molecule is COc1ccc(C(=O)Nc2ccc(C(=O)NN=Cc3cc(Br)cc(Br)c3O)cc2)cc1. The average molecular weight is 547 g/mol. The molecule has 0 aliphatic rings. The van der Waals surface area contributed by atoms with Gasteiger partial charge in [-0.15, -0.1) is 0 Å². The number of aromatic hydroxyl groups is 1. The fraction of sp³-hybridized carbons (Fsp3) is 0.0455. The van der Waals surface area contributed by atoms with Crippen LogP contribution in [0.2, 0.25) is 0 Å². The number of rotatable bonds is 6. The molecule has 3 aromatic carbocycles. The fourth-order valence-electron chi connectivity index (χ4n) is 2.56. The molecule has 0 radical (unpaired) electrons. The summed E-state index contributed by atoms with van der Waals surface area (Å²) in [5.41, 5.74) is 4.22. The summed E-state index contributed by atoms with van der Waals surface area (Å²) in [6.45, 7) is 0. The van der Waals surface area contributed by atoms with Gasteiger partial charge in [0, 0.05) is 26.9 Å².